The van der Waals surface area contributed by atoms with Gasteiger partial charge in [0.05, 0.1) is 10.6 Å². The number of amides is 2. The summed E-state index contributed by atoms with van der Waals surface area (Å²) in [5, 5.41) is 8.09. The van der Waals surface area contributed by atoms with E-state index in [-0.39, 0.29) is 10.7 Å². The molecule has 0 bridgehead atoms. The Morgan fingerprint density at radius 1 is 1.29 bits per heavy atom. The molecule has 3 rings (SSSR count). The molecule has 2 aliphatic rings. The topological polar surface area (TPSA) is 77.9 Å². The van der Waals surface area contributed by atoms with Crippen LogP contribution in [0, 0.1) is 5.82 Å². The maximum absolute atomic E-state index is 14.3. The summed E-state index contributed by atoms with van der Waals surface area (Å²) in [6, 6.07) is 4.66. The molecule has 2 fully saturated rings. The van der Waals surface area contributed by atoms with Crippen molar-refractivity contribution in [3.05, 3.63) is 34.5 Å². The molecule has 0 aliphatic carbocycles. The van der Waals surface area contributed by atoms with E-state index in [0.29, 0.717) is 27.9 Å². The summed E-state index contributed by atoms with van der Waals surface area (Å²) in [6.07, 6.45) is 3.49. The first-order valence-corrected chi connectivity index (χ1v) is 8.29. The Bertz CT molecular complexity index is 744. The summed E-state index contributed by atoms with van der Waals surface area (Å²) in [6.45, 7) is 0.971. The van der Waals surface area contributed by atoms with Crippen molar-refractivity contribution < 1.29 is 23.9 Å². The van der Waals surface area contributed by atoms with Crippen molar-refractivity contribution in [2.45, 2.75) is 12.8 Å². The van der Waals surface area contributed by atoms with Crippen LogP contribution in [0.4, 0.5) is 14.9 Å². The molecular formula is C16H15FN2O4S. The zero-order valence-corrected chi connectivity index (χ0v) is 13.5. The lowest BCUT2D eigenvalue weighted by Crippen LogP contribution is -2.33. The molecule has 0 spiro atoms. The number of carbonyl (C=O) groups excluding carboxylic acids is 2. The summed E-state index contributed by atoms with van der Waals surface area (Å²) in [4.78, 5) is 37.2. The summed E-state index contributed by atoms with van der Waals surface area (Å²) >= 11 is 0.656. The van der Waals surface area contributed by atoms with Crippen LogP contribution in [0.2, 0.25) is 0 Å². The smallest absolute Gasteiger partial charge is 0.323 e. The molecule has 0 saturated carbocycles. The molecule has 0 atom stereocenters. The van der Waals surface area contributed by atoms with Crippen LogP contribution < -0.4 is 4.90 Å². The van der Waals surface area contributed by atoms with E-state index in [4.69, 9.17) is 5.11 Å². The van der Waals surface area contributed by atoms with Crippen LogP contribution in [-0.4, -0.2) is 46.8 Å². The van der Waals surface area contributed by atoms with Gasteiger partial charge in [0.15, 0.2) is 0 Å². The molecule has 2 aliphatic heterocycles. The Hall–Kier alpha value is -2.35. The van der Waals surface area contributed by atoms with Crippen LogP contribution in [0.3, 0.4) is 0 Å². The minimum absolute atomic E-state index is 0.0922. The van der Waals surface area contributed by atoms with Crippen LogP contribution in [0.25, 0.3) is 6.08 Å². The van der Waals surface area contributed by atoms with E-state index in [0.717, 1.165) is 25.9 Å². The monoisotopic (exact) mass is 350 g/mol. The van der Waals surface area contributed by atoms with Crippen molar-refractivity contribution in [3.8, 4) is 0 Å². The number of aliphatic carboxylic acids is 1. The van der Waals surface area contributed by atoms with E-state index in [1.807, 2.05) is 4.90 Å². The quantitative estimate of drug-likeness (QED) is 0.841. The molecule has 0 aromatic heterocycles. The highest BCUT2D eigenvalue weighted by Gasteiger charge is 2.36. The number of hydrogen-bond donors (Lipinski definition) is 1. The van der Waals surface area contributed by atoms with E-state index in [9.17, 15) is 18.8 Å². The molecule has 1 aromatic carbocycles. The van der Waals surface area contributed by atoms with E-state index >= 15 is 0 Å². The summed E-state index contributed by atoms with van der Waals surface area (Å²) in [5.74, 6) is -2.31. The van der Waals surface area contributed by atoms with Gasteiger partial charge in [0, 0.05) is 13.1 Å². The van der Waals surface area contributed by atoms with Crippen LogP contribution in [0.1, 0.15) is 18.4 Å². The second-order valence-corrected chi connectivity index (χ2v) is 6.56. The molecule has 2 heterocycles. The molecule has 0 unspecified atom stereocenters. The predicted molar refractivity (Wildman–Crippen MR) is 88.2 cm³/mol. The van der Waals surface area contributed by atoms with Gasteiger partial charge >= 0.3 is 5.97 Å². The number of thioether (sulfide) groups is 1. The van der Waals surface area contributed by atoms with Crippen LogP contribution in [0.15, 0.2) is 23.1 Å². The van der Waals surface area contributed by atoms with Gasteiger partial charge in [-0.2, -0.15) is 0 Å². The van der Waals surface area contributed by atoms with E-state index in [1.165, 1.54) is 12.1 Å². The first-order chi connectivity index (χ1) is 11.5. The van der Waals surface area contributed by atoms with E-state index in [2.05, 4.69) is 0 Å². The first-order valence-electron chi connectivity index (χ1n) is 7.47. The van der Waals surface area contributed by atoms with Gasteiger partial charge in [0.2, 0.25) is 0 Å². The summed E-state index contributed by atoms with van der Waals surface area (Å²) < 4.78 is 14.3. The van der Waals surface area contributed by atoms with E-state index in [1.54, 1.807) is 12.1 Å². The van der Waals surface area contributed by atoms with Crippen molar-refractivity contribution in [1.29, 1.82) is 0 Å². The van der Waals surface area contributed by atoms with Crippen LogP contribution in [-0.2, 0) is 9.59 Å². The zero-order valence-electron chi connectivity index (χ0n) is 12.7. The van der Waals surface area contributed by atoms with Gasteiger partial charge in [-0.3, -0.25) is 19.3 Å². The van der Waals surface area contributed by atoms with Gasteiger partial charge in [-0.05, 0) is 48.4 Å². The van der Waals surface area contributed by atoms with Gasteiger partial charge in [-0.25, -0.2) is 4.39 Å². The Balaban J connectivity index is 1.81. The molecule has 24 heavy (non-hydrogen) atoms. The number of halogens is 1. The predicted octanol–water partition coefficient (Wildman–Crippen LogP) is 2.55. The number of imide groups is 1. The minimum atomic E-state index is -1.26. The van der Waals surface area contributed by atoms with Gasteiger partial charge in [-0.1, -0.05) is 6.07 Å². The Labute approximate surface area is 141 Å². The highest BCUT2D eigenvalue weighted by atomic mass is 32.2. The maximum atomic E-state index is 14.3. The number of nitrogens with zero attached hydrogens (tertiary/aromatic N) is 2. The average Bonchev–Trinajstić information content (AvgIpc) is 3.12. The number of carbonyl (C=O) groups is 3. The Morgan fingerprint density at radius 2 is 2.00 bits per heavy atom. The molecule has 126 valence electrons. The lowest BCUT2D eigenvalue weighted by atomic mass is 10.1. The van der Waals surface area contributed by atoms with Gasteiger partial charge in [0.25, 0.3) is 11.1 Å². The van der Waals surface area contributed by atoms with Crippen molar-refractivity contribution in [3.63, 3.8) is 0 Å². The third-order valence-electron chi connectivity index (χ3n) is 3.88. The summed E-state index contributed by atoms with van der Waals surface area (Å²) in [7, 11) is 0. The normalized spacial score (nSPS) is 19.6. The van der Waals surface area contributed by atoms with Crippen molar-refractivity contribution in [1.82, 2.24) is 4.90 Å². The molecule has 6 nitrogen and oxygen atoms in total. The number of benzene rings is 1. The van der Waals surface area contributed by atoms with Gasteiger partial charge in [-0.15, -0.1) is 0 Å². The van der Waals surface area contributed by atoms with Crippen LogP contribution in [0.5, 0.6) is 0 Å². The Kier molecular flexibility index (Phi) is 4.57. The first kappa shape index (κ1) is 16.5. The summed E-state index contributed by atoms with van der Waals surface area (Å²) in [5.41, 5.74) is 0.986. The number of carboxylic acid groups (broad SMARTS) is 1. The molecule has 2 amide bonds. The lowest BCUT2D eigenvalue weighted by molar-refractivity contribution is -0.140. The van der Waals surface area contributed by atoms with E-state index < -0.39 is 23.7 Å². The SMILES string of the molecule is O=C(O)CN1C(=O)SC(=Cc2ccc(N3CCCC3)c(F)c2)C1=O. The fourth-order valence-electron chi connectivity index (χ4n) is 2.75. The van der Waals surface area contributed by atoms with Gasteiger partial charge in [0.1, 0.15) is 12.4 Å². The molecule has 1 N–H and O–H groups in total. The fraction of sp³-hybridized carbons (Fsp3) is 0.312. The zero-order chi connectivity index (χ0) is 17.3. The highest BCUT2D eigenvalue weighted by molar-refractivity contribution is 8.18. The lowest BCUT2D eigenvalue weighted by Gasteiger charge is -2.18. The standard InChI is InChI=1S/C16H15FN2O4S/c17-11-7-10(3-4-12(11)18-5-1-2-6-18)8-13-15(22)19(9-14(20)21)16(23)24-13/h3-4,7-8H,1-2,5-6,9H2,(H,20,21). The third kappa shape index (κ3) is 3.28. The molecule has 8 heteroatoms. The number of anilines is 1. The number of rotatable bonds is 4. The number of hydrogen-bond acceptors (Lipinski definition) is 5. The van der Waals surface area contributed by atoms with Crippen molar-refractivity contribution in [2.24, 2.45) is 0 Å². The average molecular weight is 350 g/mol. The van der Waals surface area contributed by atoms with Gasteiger partial charge < -0.3 is 10.0 Å². The largest absolute Gasteiger partial charge is 0.480 e. The second-order valence-electron chi connectivity index (χ2n) is 5.57. The molecule has 1 aromatic rings. The fourth-order valence-corrected chi connectivity index (χ4v) is 3.59. The third-order valence-corrected chi connectivity index (χ3v) is 4.79. The van der Waals surface area contributed by atoms with Crippen molar-refractivity contribution in [2.75, 3.05) is 24.5 Å². The molecule has 2 saturated heterocycles. The maximum Gasteiger partial charge on any atom is 0.323 e. The molecule has 0 radical (unpaired) electrons. The van der Waals surface area contributed by atoms with Crippen LogP contribution >= 0.6 is 11.8 Å². The van der Waals surface area contributed by atoms with Crippen molar-refractivity contribution >= 4 is 40.6 Å². The Morgan fingerprint density at radius 3 is 2.62 bits per heavy atom. The molecular weight excluding hydrogens is 335 g/mol. The minimum Gasteiger partial charge on any atom is -0.480 e. The number of carboxylic acids is 1. The highest BCUT2D eigenvalue weighted by Crippen LogP contribution is 2.33. The second kappa shape index (κ2) is 6.64.